The third-order valence-electron chi connectivity index (χ3n) is 2.99. The Bertz CT molecular complexity index is 425. The van der Waals surface area contributed by atoms with Crippen LogP contribution in [0.1, 0.15) is 40.1 Å². The molecular formula is C12H19N3O2S. The van der Waals surface area contributed by atoms with E-state index in [0.29, 0.717) is 6.54 Å². The van der Waals surface area contributed by atoms with Gasteiger partial charge in [-0.15, -0.1) is 11.3 Å². The molecule has 1 aliphatic rings. The zero-order valence-corrected chi connectivity index (χ0v) is 11.6. The van der Waals surface area contributed by atoms with E-state index in [4.69, 9.17) is 0 Å². The highest BCUT2D eigenvalue weighted by Gasteiger charge is 2.21. The number of thiazole rings is 1. The summed E-state index contributed by atoms with van der Waals surface area (Å²) in [5, 5.41) is 13.4. The van der Waals surface area contributed by atoms with Crippen molar-refractivity contribution in [2.45, 2.75) is 26.3 Å². The van der Waals surface area contributed by atoms with Crippen LogP contribution in [0.5, 0.6) is 0 Å². The van der Waals surface area contributed by atoms with Crippen molar-refractivity contribution in [2.75, 3.05) is 26.2 Å². The zero-order chi connectivity index (χ0) is 13.1. The highest BCUT2D eigenvalue weighted by atomic mass is 32.1. The Balaban J connectivity index is 2.16. The largest absolute Gasteiger partial charge is 0.476 e. The van der Waals surface area contributed by atoms with Crippen LogP contribution in [0.2, 0.25) is 0 Å². The first-order chi connectivity index (χ1) is 8.58. The van der Waals surface area contributed by atoms with E-state index in [-0.39, 0.29) is 11.6 Å². The molecule has 2 N–H and O–H groups in total. The Kier molecular flexibility index (Phi) is 4.31. The third kappa shape index (κ3) is 3.07. The molecule has 0 spiro atoms. The predicted molar refractivity (Wildman–Crippen MR) is 71.3 cm³/mol. The summed E-state index contributed by atoms with van der Waals surface area (Å²) in [6, 6.07) is 0. The molecule has 18 heavy (non-hydrogen) atoms. The second-order valence-corrected chi connectivity index (χ2v) is 5.93. The molecule has 0 atom stereocenters. The molecular weight excluding hydrogens is 250 g/mol. The minimum absolute atomic E-state index is 0.238. The summed E-state index contributed by atoms with van der Waals surface area (Å²) in [6.45, 7) is 8.66. The Morgan fingerprint density at radius 3 is 2.72 bits per heavy atom. The van der Waals surface area contributed by atoms with Crippen LogP contribution in [-0.4, -0.2) is 47.1 Å². The van der Waals surface area contributed by atoms with Gasteiger partial charge in [0.2, 0.25) is 0 Å². The van der Waals surface area contributed by atoms with E-state index in [2.05, 4.69) is 15.2 Å². The lowest BCUT2D eigenvalue weighted by atomic mass is 10.2. The first-order valence-corrected chi connectivity index (χ1v) is 7.05. The molecule has 6 heteroatoms. The lowest BCUT2D eigenvalue weighted by Crippen LogP contribution is -2.42. The molecule has 1 aromatic rings. The average Bonchev–Trinajstić information content (AvgIpc) is 2.74. The molecule has 0 aliphatic carbocycles. The molecule has 0 bridgehead atoms. The van der Waals surface area contributed by atoms with E-state index >= 15 is 0 Å². The minimum atomic E-state index is -0.914. The van der Waals surface area contributed by atoms with E-state index in [9.17, 15) is 9.90 Å². The van der Waals surface area contributed by atoms with Crippen molar-refractivity contribution in [2.24, 2.45) is 0 Å². The molecule has 0 amide bonds. The fourth-order valence-electron chi connectivity index (χ4n) is 1.96. The summed E-state index contributed by atoms with van der Waals surface area (Å²) < 4.78 is 0. The van der Waals surface area contributed by atoms with E-state index in [0.717, 1.165) is 36.1 Å². The quantitative estimate of drug-likeness (QED) is 0.864. The molecule has 0 radical (unpaired) electrons. The number of piperazine rings is 1. The molecule has 1 aromatic heterocycles. The number of nitrogens with one attached hydrogen (secondary N) is 1. The monoisotopic (exact) mass is 269 g/mol. The van der Waals surface area contributed by atoms with Crippen molar-refractivity contribution < 1.29 is 9.90 Å². The molecule has 0 unspecified atom stereocenters. The number of carboxylic acid groups (broad SMARTS) is 1. The number of carbonyl (C=O) groups is 1. The van der Waals surface area contributed by atoms with Crippen LogP contribution >= 0.6 is 11.3 Å². The Hall–Kier alpha value is -0.980. The summed E-state index contributed by atoms with van der Waals surface area (Å²) in [6.07, 6.45) is 0. The summed E-state index contributed by atoms with van der Waals surface area (Å²) in [4.78, 5) is 18.6. The van der Waals surface area contributed by atoms with E-state index in [1.54, 1.807) is 0 Å². The molecule has 1 saturated heterocycles. The first-order valence-electron chi connectivity index (χ1n) is 6.24. The van der Waals surface area contributed by atoms with Gasteiger partial charge in [-0.2, -0.15) is 0 Å². The van der Waals surface area contributed by atoms with Gasteiger partial charge >= 0.3 is 5.97 Å². The maximum Gasteiger partial charge on any atom is 0.355 e. The van der Waals surface area contributed by atoms with Gasteiger partial charge in [0.15, 0.2) is 5.69 Å². The highest BCUT2D eigenvalue weighted by molar-refractivity contribution is 7.12. The summed E-state index contributed by atoms with van der Waals surface area (Å²) in [5.74, 6) is -0.631. The second kappa shape index (κ2) is 5.77. The number of carboxylic acids is 1. The lowest BCUT2D eigenvalue weighted by molar-refractivity contribution is 0.0688. The van der Waals surface area contributed by atoms with Crippen LogP contribution < -0.4 is 5.32 Å². The van der Waals surface area contributed by atoms with Gasteiger partial charge in [0.05, 0.1) is 9.88 Å². The maximum atomic E-state index is 11.2. The molecule has 0 aromatic carbocycles. The van der Waals surface area contributed by atoms with Gasteiger partial charge in [-0.1, -0.05) is 13.8 Å². The van der Waals surface area contributed by atoms with Gasteiger partial charge in [-0.25, -0.2) is 9.78 Å². The van der Waals surface area contributed by atoms with Crippen LogP contribution in [0.15, 0.2) is 0 Å². The molecule has 2 rings (SSSR count). The number of rotatable bonds is 4. The fourth-order valence-corrected chi connectivity index (χ4v) is 3.07. The molecule has 1 fully saturated rings. The SMILES string of the molecule is CC(C)c1nc(C(=O)O)c(CN2CCNCC2)s1. The smallest absolute Gasteiger partial charge is 0.355 e. The van der Waals surface area contributed by atoms with Crippen LogP contribution in [0.4, 0.5) is 0 Å². The molecule has 0 saturated carbocycles. The average molecular weight is 269 g/mol. The third-order valence-corrected chi connectivity index (χ3v) is 4.33. The van der Waals surface area contributed by atoms with Gasteiger partial charge in [-0.05, 0) is 0 Å². The maximum absolute atomic E-state index is 11.2. The fraction of sp³-hybridized carbons (Fsp3) is 0.667. The van der Waals surface area contributed by atoms with Gasteiger partial charge in [0.25, 0.3) is 0 Å². The van der Waals surface area contributed by atoms with Crippen molar-refractivity contribution in [1.82, 2.24) is 15.2 Å². The molecule has 1 aliphatic heterocycles. The van der Waals surface area contributed by atoms with E-state index in [1.807, 2.05) is 13.8 Å². The Labute approximate surface area is 111 Å². The van der Waals surface area contributed by atoms with Crippen molar-refractivity contribution in [3.63, 3.8) is 0 Å². The second-order valence-electron chi connectivity index (χ2n) is 4.81. The number of aromatic carboxylic acids is 1. The van der Waals surface area contributed by atoms with Crippen molar-refractivity contribution in [3.05, 3.63) is 15.6 Å². The minimum Gasteiger partial charge on any atom is -0.476 e. The van der Waals surface area contributed by atoms with Gasteiger partial charge < -0.3 is 10.4 Å². The topological polar surface area (TPSA) is 65.5 Å². The summed E-state index contributed by atoms with van der Waals surface area (Å²) >= 11 is 1.54. The highest BCUT2D eigenvalue weighted by Crippen LogP contribution is 2.26. The molecule has 100 valence electrons. The molecule has 5 nitrogen and oxygen atoms in total. The number of hydrogen-bond donors (Lipinski definition) is 2. The first kappa shape index (κ1) is 13.5. The van der Waals surface area contributed by atoms with Crippen molar-refractivity contribution >= 4 is 17.3 Å². The van der Waals surface area contributed by atoms with Gasteiger partial charge in [0, 0.05) is 38.6 Å². The normalized spacial score (nSPS) is 17.3. The number of nitrogens with zero attached hydrogens (tertiary/aromatic N) is 2. The van der Waals surface area contributed by atoms with Gasteiger partial charge in [0.1, 0.15) is 0 Å². The zero-order valence-electron chi connectivity index (χ0n) is 10.8. The van der Waals surface area contributed by atoms with E-state index in [1.165, 1.54) is 11.3 Å². The summed E-state index contributed by atoms with van der Waals surface area (Å²) in [7, 11) is 0. The van der Waals surface area contributed by atoms with Crippen molar-refractivity contribution in [3.8, 4) is 0 Å². The lowest BCUT2D eigenvalue weighted by Gasteiger charge is -2.26. The van der Waals surface area contributed by atoms with Crippen LogP contribution in [0.3, 0.4) is 0 Å². The van der Waals surface area contributed by atoms with E-state index < -0.39 is 5.97 Å². The Morgan fingerprint density at radius 1 is 1.50 bits per heavy atom. The predicted octanol–water partition coefficient (Wildman–Crippen LogP) is 1.37. The number of hydrogen-bond acceptors (Lipinski definition) is 5. The van der Waals surface area contributed by atoms with Crippen LogP contribution in [-0.2, 0) is 6.54 Å². The standard InChI is InChI=1S/C12H19N3O2S/c1-8(2)11-14-10(12(16)17)9(18-11)7-15-5-3-13-4-6-15/h8,13H,3-7H2,1-2H3,(H,16,17). The van der Waals surface area contributed by atoms with Crippen LogP contribution in [0.25, 0.3) is 0 Å². The molecule has 2 heterocycles. The summed E-state index contributed by atoms with van der Waals surface area (Å²) in [5.41, 5.74) is 0.238. The van der Waals surface area contributed by atoms with Gasteiger partial charge in [-0.3, -0.25) is 4.90 Å². The van der Waals surface area contributed by atoms with Crippen LogP contribution in [0, 0.1) is 0 Å². The Morgan fingerprint density at radius 2 is 2.17 bits per heavy atom. The number of aromatic nitrogens is 1. The van der Waals surface area contributed by atoms with Crippen molar-refractivity contribution in [1.29, 1.82) is 0 Å².